The van der Waals surface area contributed by atoms with Crippen LogP contribution in [0.5, 0.6) is 0 Å². The van der Waals surface area contributed by atoms with Crippen LogP contribution in [0.25, 0.3) is 0 Å². The third kappa shape index (κ3) is 2.65. The molecule has 3 nitrogen and oxygen atoms in total. The predicted octanol–water partition coefficient (Wildman–Crippen LogP) is 2.43. The van der Waals surface area contributed by atoms with Gasteiger partial charge in [-0.1, -0.05) is 6.07 Å². The number of hydrogen-bond acceptors (Lipinski definition) is 3. The third-order valence-corrected chi connectivity index (χ3v) is 3.90. The van der Waals surface area contributed by atoms with E-state index in [0.717, 1.165) is 42.7 Å². The van der Waals surface area contributed by atoms with E-state index < -0.39 is 0 Å². The van der Waals surface area contributed by atoms with Gasteiger partial charge in [-0.25, -0.2) is 0 Å². The first-order chi connectivity index (χ1) is 8.61. The van der Waals surface area contributed by atoms with E-state index in [-0.39, 0.29) is 6.04 Å². The van der Waals surface area contributed by atoms with E-state index in [1.807, 2.05) is 13.0 Å². The number of nitriles is 1. The van der Waals surface area contributed by atoms with Crippen LogP contribution >= 0.6 is 0 Å². The summed E-state index contributed by atoms with van der Waals surface area (Å²) >= 11 is 0. The van der Waals surface area contributed by atoms with Gasteiger partial charge in [0.1, 0.15) is 6.07 Å². The SMILES string of the molecule is Cc1ccc(N2CCC(C(C)N)CC2)c(C#N)c1. The first kappa shape index (κ1) is 12.9. The lowest BCUT2D eigenvalue weighted by Crippen LogP contribution is -2.40. The molecule has 2 rings (SSSR count). The first-order valence-electron chi connectivity index (χ1n) is 6.63. The largest absolute Gasteiger partial charge is 0.370 e. The molecular formula is C15H21N3. The molecule has 1 atom stereocenters. The quantitative estimate of drug-likeness (QED) is 0.868. The Balaban J connectivity index is 2.13. The molecule has 1 saturated heterocycles. The fourth-order valence-corrected chi connectivity index (χ4v) is 2.68. The van der Waals surface area contributed by atoms with E-state index in [2.05, 4.69) is 30.0 Å². The molecule has 3 heteroatoms. The van der Waals surface area contributed by atoms with Crippen molar-refractivity contribution in [3.8, 4) is 6.07 Å². The van der Waals surface area contributed by atoms with E-state index in [0.29, 0.717) is 5.92 Å². The van der Waals surface area contributed by atoms with Crippen LogP contribution in [0.4, 0.5) is 5.69 Å². The summed E-state index contributed by atoms with van der Waals surface area (Å²) in [6.45, 7) is 6.12. The highest BCUT2D eigenvalue weighted by atomic mass is 15.1. The highest BCUT2D eigenvalue weighted by molar-refractivity contribution is 5.60. The monoisotopic (exact) mass is 243 g/mol. The number of benzene rings is 1. The topological polar surface area (TPSA) is 53.0 Å². The summed E-state index contributed by atoms with van der Waals surface area (Å²) in [5.41, 5.74) is 8.96. The molecule has 2 N–H and O–H groups in total. The Morgan fingerprint density at radius 1 is 1.39 bits per heavy atom. The van der Waals surface area contributed by atoms with Crippen molar-refractivity contribution in [3.63, 3.8) is 0 Å². The number of aryl methyl sites for hydroxylation is 1. The summed E-state index contributed by atoms with van der Waals surface area (Å²) in [6.07, 6.45) is 2.24. The fourth-order valence-electron chi connectivity index (χ4n) is 2.68. The molecular weight excluding hydrogens is 222 g/mol. The van der Waals surface area contributed by atoms with E-state index in [4.69, 9.17) is 5.73 Å². The van der Waals surface area contributed by atoms with Crippen molar-refractivity contribution >= 4 is 5.69 Å². The lowest BCUT2D eigenvalue weighted by atomic mass is 9.90. The van der Waals surface area contributed by atoms with Gasteiger partial charge in [0.15, 0.2) is 0 Å². The van der Waals surface area contributed by atoms with Gasteiger partial charge in [-0.05, 0) is 50.3 Å². The van der Waals surface area contributed by atoms with Crippen LogP contribution in [0.15, 0.2) is 18.2 Å². The van der Waals surface area contributed by atoms with Crippen molar-refractivity contribution in [2.45, 2.75) is 32.7 Å². The first-order valence-corrected chi connectivity index (χ1v) is 6.63. The minimum atomic E-state index is 0.278. The van der Waals surface area contributed by atoms with Crippen LogP contribution in [0, 0.1) is 24.2 Å². The lowest BCUT2D eigenvalue weighted by molar-refractivity contribution is 0.354. The van der Waals surface area contributed by atoms with Gasteiger partial charge in [0, 0.05) is 19.1 Å². The highest BCUT2D eigenvalue weighted by Gasteiger charge is 2.23. The zero-order valence-corrected chi connectivity index (χ0v) is 11.2. The Labute approximate surface area is 109 Å². The van der Waals surface area contributed by atoms with Gasteiger partial charge in [0.05, 0.1) is 11.3 Å². The average Bonchev–Trinajstić information content (AvgIpc) is 2.38. The van der Waals surface area contributed by atoms with Crippen molar-refractivity contribution in [1.82, 2.24) is 0 Å². The predicted molar refractivity (Wildman–Crippen MR) is 74.5 cm³/mol. The van der Waals surface area contributed by atoms with Crippen LogP contribution < -0.4 is 10.6 Å². The van der Waals surface area contributed by atoms with Gasteiger partial charge in [-0.3, -0.25) is 0 Å². The highest BCUT2D eigenvalue weighted by Crippen LogP contribution is 2.27. The minimum Gasteiger partial charge on any atom is -0.370 e. The van der Waals surface area contributed by atoms with Gasteiger partial charge in [0.25, 0.3) is 0 Å². The number of piperidine rings is 1. The Morgan fingerprint density at radius 3 is 2.61 bits per heavy atom. The van der Waals surface area contributed by atoms with Gasteiger partial charge in [-0.15, -0.1) is 0 Å². The zero-order chi connectivity index (χ0) is 13.1. The van der Waals surface area contributed by atoms with E-state index in [1.54, 1.807) is 0 Å². The second-order valence-electron chi connectivity index (χ2n) is 5.32. The lowest BCUT2D eigenvalue weighted by Gasteiger charge is -2.35. The molecule has 1 unspecified atom stereocenters. The average molecular weight is 243 g/mol. The van der Waals surface area contributed by atoms with Gasteiger partial charge in [-0.2, -0.15) is 5.26 Å². The molecule has 1 aliphatic rings. The van der Waals surface area contributed by atoms with Gasteiger partial charge >= 0.3 is 0 Å². The Kier molecular flexibility index (Phi) is 3.88. The Bertz CT molecular complexity index is 451. The smallest absolute Gasteiger partial charge is 0.101 e. The van der Waals surface area contributed by atoms with Gasteiger partial charge < -0.3 is 10.6 Å². The van der Waals surface area contributed by atoms with Crippen LogP contribution in [-0.4, -0.2) is 19.1 Å². The molecule has 1 aliphatic heterocycles. The fraction of sp³-hybridized carbons (Fsp3) is 0.533. The van der Waals surface area contributed by atoms with E-state index >= 15 is 0 Å². The second-order valence-corrected chi connectivity index (χ2v) is 5.32. The number of nitrogens with zero attached hydrogens (tertiary/aromatic N) is 2. The summed E-state index contributed by atoms with van der Waals surface area (Å²) in [5, 5.41) is 9.22. The molecule has 0 aromatic heterocycles. The third-order valence-electron chi connectivity index (χ3n) is 3.90. The second kappa shape index (κ2) is 5.41. The standard InChI is InChI=1S/C15H21N3/c1-11-3-4-15(14(9-11)10-16)18-7-5-13(6-8-18)12(2)17/h3-4,9,12-13H,5-8,17H2,1-2H3. The van der Waals surface area contributed by atoms with Crippen LogP contribution in [0.3, 0.4) is 0 Å². The van der Waals surface area contributed by atoms with Crippen molar-refractivity contribution in [1.29, 1.82) is 5.26 Å². The Hall–Kier alpha value is -1.53. The van der Waals surface area contributed by atoms with Crippen molar-refractivity contribution in [2.75, 3.05) is 18.0 Å². The van der Waals surface area contributed by atoms with Gasteiger partial charge in [0.2, 0.25) is 0 Å². The molecule has 1 fully saturated rings. The summed E-state index contributed by atoms with van der Waals surface area (Å²) in [6, 6.07) is 8.69. The van der Waals surface area contributed by atoms with Crippen molar-refractivity contribution < 1.29 is 0 Å². The summed E-state index contributed by atoms with van der Waals surface area (Å²) in [4.78, 5) is 2.32. The molecule has 0 spiro atoms. The summed E-state index contributed by atoms with van der Waals surface area (Å²) in [5.74, 6) is 0.622. The number of nitrogens with two attached hydrogens (primary N) is 1. The molecule has 18 heavy (non-hydrogen) atoms. The molecule has 0 amide bonds. The normalized spacial score (nSPS) is 18.4. The molecule has 1 aromatic carbocycles. The maximum absolute atomic E-state index is 9.22. The summed E-state index contributed by atoms with van der Waals surface area (Å²) in [7, 11) is 0. The number of anilines is 1. The maximum Gasteiger partial charge on any atom is 0.101 e. The number of hydrogen-bond donors (Lipinski definition) is 1. The molecule has 0 bridgehead atoms. The summed E-state index contributed by atoms with van der Waals surface area (Å²) < 4.78 is 0. The van der Waals surface area contributed by atoms with Crippen LogP contribution in [0.1, 0.15) is 30.9 Å². The molecule has 1 heterocycles. The molecule has 0 aliphatic carbocycles. The molecule has 96 valence electrons. The zero-order valence-electron chi connectivity index (χ0n) is 11.2. The molecule has 1 aromatic rings. The maximum atomic E-state index is 9.22. The van der Waals surface area contributed by atoms with Crippen LogP contribution in [0.2, 0.25) is 0 Å². The van der Waals surface area contributed by atoms with Crippen molar-refractivity contribution in [3.05, 3.63) is 29.3 Å². The molecule has 0 radical (unpaired) electrons. The number of rotatable bonds is 2. The Morgan fingerprint density at radius 2 is 2.06 bits per heavy atom. The van der Waals surface area contributed by atoms with E-state index in [1.165, 1.54) is 0 Å². The van der Waals surface area contributed by atoms with Crippen LogP contribution in [-0.2, 0) is 0 Å². The molecule has 0 saturated carbocycles. The van der Waals surface area contributed by atoms with Crippen molar-refractivity contribution in [2.24, 2.45) is 11.7 Å². The minimum absolute atomic E-state index is 0.278. The van der Waals surface area contributed by atoms with E-state index in [9.17, 15) is 5.26 Å².